The zero-order chi connectivity index (χ0) is 24.8. The summed E-state index contributed by atoms with van der Waals surface area (Å²) in [7, 11) is -3.75. The summed E-state index contributed by atoms with van der Waals surface area (Å²) in [5, 5.41) is 3.37. The zero-order valence-electron chi connectivity index (χ0n) is 19.8. The number of nitrogens with zero attached hydrogens (tertiary/aromatic N) is 2. The first-order valence-corrected chi connectivity index (χ1v) is 13.0. The highest BCUT2D eigenvalue weighted by Crippen LogP contribution is 2.22. The summed E-state index contributed by atoms with van der Waals surface area (Å²) in [4.78, 5) is 27.5. The summed E-state index contributed by atoms with van der Waals surface area (Å²) in [6, 6.07) is 11.6. The molecule has 0 bridgehead atoms. The lowest BCUT2D eigenvalue weighted by Crippen LogP contribution is -2.51. The van der Waals surface area contributed by atoms with Gasteiger partial charge < -0.3 is 10.2 Å². The van der Waals surface area contributed by atoms with Crippen LogP contribution in [0.15, 0.2) is 42.5 Å². The van der Waals surface area contributed by atoms with Crippen molar-refractivity contribution in [3.05, 3.63) is 64.2 Å². The summed E-state index contributed by atoms with van der Waals surface area (Å²) in [6.45, 7) is 7.53. The fourth-order valence-corrected chi connectivity index (χ4v) is 4.43. The molecule has 9 heteroatoms. The highest BCUT2D eigenvalue weighted by molar-refractivity contribution is 7.92. The van der Waals surface area contributed by atoms with E-state index in [0.29, 0.717) is 17.3 Å². The molecular formula is C24H32ClN3O4S. The minimum absolute atomic E-state index is 0.140. The molecule has 0 aromatic heterocycles. The van der Waals surface area contributed by atoms with E-state index in [-0.39, 0.29) is 12.5 Å². The van der Waals surface area contributed by atoms with Gasteiger partial charge in [-0.15, -0.1) is 0 Å². The lowest BCUT2D eigenvalue weighted by Gasteiger charge is -2.31. The molecule has 0 saturated carbocycles. The van der Waals surface area contributed by atoms with Crippen molar-refractivity contribution in [2.75, 3.05) is 23.7 Å². The molecule has 0 heterocycles. The van der Waals surface area contributed by atoms with E-state index in [2.05, 4.69) is 5.32 Å². The minimum Gasteiger partial charge on any atom is -0.354 e. The van der Waals surface area contributed by atoms with Gasteiger partial charge in [0, 0.05) is 18.1 Å². The van der Waals surface area contributed by atoms with E-state index >= 15 is 0 Å². The van der Waals surface area contributed by atoms with Gasteiger partial charge in [0.1, 0.15) is 12.6 Å². The number of halogens is 1. The van der Waals surface area contributed by atoms with Gasteiger partial charge in [0.15, 0.2) is 0 Å². The van der Waals surface area contributed by atoms with Crippen LogP contribution < -0.4 is 9.62 Å². The fourth-order valence-electron chi connectivity index (χ4n) is 3.47. The van der Waals surface area contributed by atoms with Crippen LogP contribution in [0.3, 0.4) is 0 Å². The molecule has 33 heavy (non-hydrogen) atoms. The number of amides is 2. The molecule has 0 radical (unpaired) electrons. The van der Waals surface area contributed by atoms with Crippen molar-refractivity contribution in [2.24, 2.45) is 0 Å². The molecule has 0 fully saturated rings. The number of rotatable bonds is 10. The highest BCUT2D eigenvalue weighted by Gasteiger charge is 2.30. The van der Waals surface area contributed by atoms with Crippen LogP contribution in [0.5, 0.6) is 0 Å². The maximum absolute atomic E-state index is 13.4. The minimum atomic E-state index is -3.75. The Hall–Kier alpha value is -2.58. The Balaban J connectivity index is 2.39. The number of carbonyl (C=O) groups excluding carboxylic acids is 2. The van der Waals surface area contributed by atoms with E-state index in [1.807, 2.05) is 26.8 Å². The third-order valence-electron chi connectivity index (χ3n) is 5.16. The van der Waals surface area contributed by atoms with E-state index in [4.69, 9.17) is 11.6 Å². The van der Waals surface area contributed by atoms with Gasteiger partial charge in [-0.3, -0.25) is 13.9 Å². The number of aryl methyl sites for hydroxylation is 2. The smallest absolute Gasteiger partial charge is 0.244 e. The number of sulfonamides is 1. The first-order valence-electron chi connectivity index (χ1n) is 10.8. The van der Waals surface area contributed by atoms with Gasteiger partial charge in [-0.05, 0) is 68.1 Å². The van der Waals surface area contributed by atoms with Gasteiger partial charge in [-0.25, -0.2) is 8.42 Å². The Kier molecular flexibility index (Phi) is 9.31. The second-order valence-electron chi connectivity index (χ2n) is 8.23. The van der Waals surface area contributed by atoms with Crippen LogP contribution in [0, 0.1) is 13.8 Å². The van der Waals surface area contributed by atoms with Gasteiger partial charge in [-0.1, -0.05) is 36.7 Å². The van der Waals surface area contributed by atoms with Gasteiger partial charge in [0.25, 0.3) is 0 Å². The molecule has 0 aliphatic heterocycles. The predicted molar refractivity (Wildman–Crippen MR) is 133 cm³/mol. The molecule has 180 valence electrons. The summed E-state index contributed by atoms with van der Waals surface area (Å²) < 4.78 is 26.3. The lowest BCUT2D eigenvalue weighted by atomic mass is 10.1. The Morgan fingerprint density at radius 1 is 1.06 bits per heavy atom. The van der Waals surface area contributed by atoms with Crippen LogP contribution in [0.1, 0.15) is 37.0 Å². The monoisotopic (exact) mass is 493 g/mol. The summed E-state index contributed by atoms with van der Waals surface area (Å²) in [6.07, 6.45) is 1.83. The Morgan fingerprint density at radius 2 is 1.64 bits per heavy atom. The molecule has 1 N–H and O–H groups in total. The quantitative estimate of drug-likeness (QED) is 0.547. The topological polar surface area (TPSA) is 86.8 Å². The van der Waals surface area contributed by atoms with E-state index in [0.717, 1.165) is 33.7 Å². The summed E-state index contributed by atoms with van der Waals surface area (Å²) >= 11 is 5.98. The second kappa shape index (κ2) is 11.5. The predicted octanol–water partition coefficient (Wildman–Crippen LogP) is 3.67. The lowest BCUT2D eigenvalue weighted by molar-refractivity contribution is -0.139. The average Bonchev–Trinajstić information content (AvgIpc) is 2.73. The highest BCUT2D eigenvalue weighted by atomic mass is 35.5. The molecule has 2 aromatic rings. The zero-order valence-corrected chi connectivity index (χ0v) is 21.3. The van der Waals surface area contributed by atoms with Gasteiger partial charge in [-0.2, -0.15) is 0 Å². The number of hydrogen-bond donors (Lipinski definition) is 1. The maximum atomic E-state index is 13.4. The molecule has 2 rings (SSSR count). The Labute approximate surface area is 201 Å². The van der Waals surface area contributed by atoms with Crippen molar-refractivity contribution in [3.63, 3.8) is 0 Å². The summed E-state index contributed by atoms with van der Waals surface area (Å²) in [5.74, 6) is -0.773. The van der Waals surface area contributed by atoms with Crippen molar-refractivity contribution in [1.82, 2.24) is 10.2 Å². The largest absolute Gasteiger partial charge is 0.354 e. The van der Waals surface area contributed by atoms with Crippen LogP contribution in [0.25, 0.3) is 0 Å². The number of carbonyl (C=O) groups is 2. The van der Waals surface area contributed by atoms with Crippen molar-refractivity contribution in [3.8, 4) is 0 Å². The van der Waals surface area contributed by atoms with Crippen LogP contribution >= 0.6 is 11.6 Å². The van der Waals surface area contributed by atoms with Crippen molar-refractivity contribution >= 4 is 39.1 Å². The molecule has 2 amide bonds. The first kappa shape index (κ1) is 26.7. The van der Waals surface area contributed by atoms with Crippen LogP contribution in [0.4, 0.5) is 5.69 Å². The van der Waals surface area contributed by atoms with Gasteiger partial charge in [0.05, 0.1) is 11.9 Å². The summed E-state index contributed by atoms with van der Waals surface area (Å²) in [5.41, 5.74) is 2.96. The van der Waals surface area contributed by atoms with E-state index in [1.54, 1.807) is 43.3 Å². The molecule has 0 aliphatic rings. The molecule has 0 aliphatic carbocycles. The third-order valence-corrected chi connectivity index (χ3v) is 6.55. The van der Waals surface area contributed by atoms with E-state index in [1.165, 1.54) is 4.90 Å². The normalized spacial score (nSPS) is 12.2. The SMILES string of the molecule is CCCNC(=O)[C@H](C)N(Cc1ccc(Cl)cc1)C(=O)CN(c1cc(C)cc(C)c1)S(C)(=O)=O. The van der Waals surface area contributed by atoms with Crippen LogP contribution in [-0.4, -0.2) is 50.5 Å². The fraction of sp³-hybridized carbons (Fsp3) is 0.417. The standard InChI is InChI=1S/C24H32ClN3O4S/c1-6-11-26-24(30)19(4)27(15-20-7-9-21(25)10-8-20)23(29)16-28(33(5,31)32)22-13-17(2)12-18(3)14-22/h7-10,12-14,19H,6,11,15-16H2,1-5H3,(H,26,30)/t19-/m0/s1. The van der Waals surface area contributed by atoms with Crippen LogP contribution in [-0.2, 0) is 26.2 Å². The molecule has 1 atom stereocenters. The number of hydrogen-bond acceptors (Lipinski definition) is 4. The maximum Gasteiger partial charge on any atom is 0.244 e. The van der Waals surface area contributed by atoms with Gasteiger partial charge in [0.2, 0.25) is 21.8 Å². The van der Waals surface area contributed by atoms with Gasteiger partial charge >= 0.3 is 0 Å². The van der Waals surface area contributed by atoms with Crippen molar-refractivity contribution in [2.45, 2.75) is 46.7 Å². The van der Waals surface area contributed by atoms with E-state index in [9.17, 15) is 18.0 Å². The molecule has 0 unspecified atom stereocenters. The van der Waals surface area contributed by atoms with Crippen LogP contribution in [0.2, 0.25) is 5.02 Å². The molecule has 0 spiro atoms. The number of benzene rings is 2. The van der Waals surface area contributed by atoms with Crippen molar-refractivity contribution < 1.29 is 18.0 Å². The number of anilines is 1. The molecule has 0 saturated heterocycles. The Morgan fingerprint density at radius 3 is 2.15 bits per heavy atom. The third kappa shape index (κ3) is 7.75. The molecule has 2 aromatic carbocycles. The van der Waals surface area contributed by atoms with Crippen molar-refractivity contribution in [1.29, 1.82) is 0 Å². The Bertz CT molecular complexity index is 1070. The number of nitrogens with one attached hydrogen (secondary N) is 1. The first-order chi connectivity index (χ1) is 15.4. The second-order valence-corrected chi connectivity index (χ2v) is 10.6. The molecule has 7 nitrogen and oxygen atoms in total. The average molecular weight is 494 g/mol. The molecular weight excluding hydrogens is 462 g/mol. The van der Waals surface area contributed by atoms with E-state index < -0.39 is 28.5 Å².